The number of nitrogen functional groups attached to an aromatic ring is 1. The molecule has 76 valence electrons. The maximum Gasteiger partial charge on any atom is 0.268 e. The van der Waals surface area contributed by atoms with E-state index >= 15 is 0 Å². The van der Waals surface area contributed by atoms with Crippen molar-refractivity contribution in [2.24, 2.45) is 11.7 Å². The molecule has 6 N–H and O–H groups in total. The molecule has 0 saturated carbocycles. The summed E-state index contributed by atoms with van der Waals surface area (Å²) >= 11 is 0. The van der Waals surface area contributed by atoms with E-state index in [-0.39, 0.29) is 17.7 Å². The summed E-state index contributed by atoms with van der Waals surface area (Å²) in [6.07, 6.45) is 1.19. The molecule has 1 heterocycles. The fourth-order valence-corrected chi connectivity index (χ4v) is 0.954. The Morgan fingerprint density at radius 3 is 2.64 bits per heavy atom. The minimum atomic E-state index is -0.515. The largest absolute Gasteiger partial charge is 0.468 e. The summed E-state index contributed by atoms with van der Waals surface area (Å²) < 4.78 is 4.93. The summed E-state index contributed by atoms with van der Waals surface area (Å²) in [6, 6.07) is 1.42. The smallest absolute Gasteiger partial charge is 0.268 e. The molecular formula is C7H10N4O3. The Bertz CT molecular complexity index is 346. The van der Waals surface area contributed by atoms with Crippen molar-refractivity contribution >= 4 is 11.8 Å². The molecule has 1 aromatic heterocycles. The van der Waals surface area contributed by atoms with Gasteiger partial charge in [-0.05, 0) is 6.07 Å². The summed E-state index contributed by atoms with van der Waals surface area (Å²) in [7, 11) is 0. The molecule has 0 aliphatic rings. The second-order valence-corrected chi connectivity index (χ2v) is 2.48. The molecule has 0 saturated heterocycles. The topological polar surface area (TPSA) is 123 Å². The van der Waals surface area contributed by atoms with Crippen LogP contribution in [-0.2, 0) is 11.2 Å². The Hall–Kier alpha value is -1.86. The lowest BCUT2D eigenvalue weighted by molar-refractivity contribution is -0.120. The van der Waals surface area contributed by atoms with Crippen molar-refractivity contribution < 1.29 is 14.0 Å². The SMILES string of the molecule is NNC(=O)Cc1occc1C(=O)NN. The van der Waals surface area contributed by atoms with E-state index in [1.807, 2.05) is 10.9 Å². The van der Waals surface area contributed by atoms with Gasteiger partial charge in [0.15, 0.2) is 0 Å². The van der Waals surface area contributed by atoms with Crippen LogP contribution < -0.4 is 22.5 Å². The molecule has 1 aromatic rings. The third-order valence-corrected chi connectivity index (χ3v) is 1.60. The van der Waals surface area contributed by atoms with Gasteiger partial charge in [0.2, 0.25) is 5.91 Å². The van der Waals surface area contributed by atoms with Crippen molar-refractivity contribution in [3.8, 4) is 0 Å². The lowest BCUT2D eigenvalue weighted by Crippen LogP contribution is -2.33. The van der Waals surface area contributed by atoms with Gasteiger partial charge in [0.05, 0.1) is 18.2 Å². The number of furan rings is 1. The molecule has 0 aliphatic heterocycles. The average molecular weight is 198 g/mol. The first-order valence-electron chi connectivity index (χ1n) is 3.75. The van der Waals surface area contributed by atoms with Crippen LogP contribution in [0.3, 0.4) is 0 Å². The fourth-order valence-electron chi connectivity index (χ4n) is 0.954. The highest BCUT2D eigenvalue weighted by Gasteiger charge is 2.15. The van der Waals surface area contributed by atoms with Gasteiger partial charge in [0, 0.05) is 0 Å². The number of carbonyl (C=O) groups is 2. The van der Waals surface area contributed by atoms with E-state index in [0.717, 1.165) is 0 Å². The standard InChI is InChI=1S/C7H10N4O3/c8-10-6(12)3-5-4(1-2-14-5)7(13)11-9/h1-2H,3,8-9H2,(H,10,12)(H,11,13). The van der Waals surface area contributed by atoms with E-state index in [1.165, 1.54) is 12.3 Å². The van der Waals surface area contributed by atoms with Gasteiger partial charge in [-0.1, -0.05) is 0 Å². The number of hydrogen-bond acceptors (Lipinski definition) is 5. The highest BCUT2D eigenvalue weighted by molar-refractivity contribution is 5.95. The van der Waals surface area contributed by atoms with E-state index in [9.17, 15) is 9.59 Å². The van der Waals surface area contributed by atoms with Crippen molar-refractivity contribution in [3.05, 3.63) is 23.7 Å². The maximum absolute atomic E-state index is 11.1. The molecule has 0 fully saturated rings. The summed E-state index contributed by atoms with van der Waals surface area (Å²) in [5, 5.41) is 0. The first kappa shape index (κ1) is 10.2. The molecule has 0 aromatic carbocycles. The lowest BCUT2D eigenvalue weighted by Gasteiger charge is -2.00. The zero-order chi connectivity index (χ0) is 10.6. The molecular weight excluding hydrogens is 188 g/mol. The van der Waals surface area contributed by atoms with Gasteiger partial charge < -0.3 is 4.42 Å². The Morgan fingerprint density at radius 1 is 1.36 bits per heavy atom. The Kier molecular flexibility index (Phi) is 3.21. The summed E-state index contributed by atoms with van der Waals surface area (Å²) in [6.45, 7) is 0. The van der Waals surface area contributed by atoms with Crippen LogP contribution in [0.5, 0.6) is 0 Å². The van der Waals surface area contributed by atoms with E-state index < -0.39 is 11.8 Å². The average Bonchev–Trinajstić information content (AvgIpc) is 2.64. The van der Waals surface area contributed by atoms with E-state index in [0.29, 0.717) is 0 Å². The fraction of sp³-hybridized carbons (Fsp3) is 0.143. The molecule has 0 bridgehead atoms. The molecule has 2 amide bonds. The van der Waals surface area contributed by atoms with Gasteiger partial charge in [0.1, 0.15) is 5.76 Å². The highest BCUT2D eigenvalue weighted by Crippen LogP contribution is 2.10. The molecule has 0 radical (unpaired) electrons. The Labute approximate surface area is 79.4 Å². The summed E-state index contributed by atoms with van der Waals surface area (Å²) in [4.78, 5) is 22.0. The zero-order valence-electron chi connectivity index (χ0n) is 7.24. The number of rotatable bonds is 3. The minimum Gasteiger partial charge on any atom is -0.468 e. The van der Waals surface area contributed by atoms with Crippen LogP contribution in [0.4, 0.5) is 0 Å². The summed E-state index contributed by atoms with van der Waals surface area (Å²) in [5.41, 5.74) is 4.08. The van der Waals surface area contributed by atoms with Crippen molar-refractivity contribution in [3.63, 3.8) is 0 Å². The number of nitrogens with one attached hydrogen (secondary N) is 2. The first-order valence-corrected chi connectivity index (χ1v) is 3.75. The Morgan fingerprint density at radius 2 is 2.07 bits per heavy atom. The van der Waals surface area contributed by atoms with Crippen LogP contribution >= 0.6 is 0 Å². The summed E-state index contributed by atoms with van der Waals surface area (Å²) in [5.74, 6) is 9.06. The molecule has 7 nitrogen and oxygen atoms in total. The molecule has 1 rings (SSSR count). The lowest BCUT2D eigenvalue weighted by atomic mass is 10.2. The Balaban J connectivity index is 2.82. The van der Waals surface area contributed by atoms with Crippen LogP contribution in [-0.4, -0.2) is 11.8 Å². The normalized spacial score (nSPS) is 9.57. The molecule has 7 heteroatoms. The van der Waals surface area contributed by atoms with Crippen molar-refractivity contribution in [1.29, 1.82) is 0 Å². The van der Waals surface area contributed by atoms with Crippen molar-refractivity contribution in [1.82, 2.24) is 10.9 Å². The van der Waals surface area contributed by atoms with Crippen molar-refractivity contribution in [2.45, 2.75) is 6.42 Å². The number of carbonyl (C=O) groups excluding carboxylic acids is 2. The first-order chi connectivity index (χ1) is 6.69. The van der Waals surface area contributed by atoms with Gasteiger partial charge in [0.25, 0.3) is 5.91 Å². The maximum atomic E-state index is 11.1. The van der Waals surface area contributed by atoms with Crippen LogP contribution in [0.1, 0.15) is 16.1 Å². The molecule has 14 heavy (non-hydrogen) atoms. The second kappa shape index (κ2) is 4.40. The molecule has 0 atom stereocenters. The third-order valence-electron chi connectivity index (χ3n) is 1.60. The van der Waals surface area contributed by atoms with Crippen LogP contribution in [0.15, 0.2) is 16.7 Å². The molecule has 0 spiro atoms. The van der Waals surface area contributed by atoms with E-state index in [4.69, 9.17) is 16.1 Å². The van der Waals surface area contributed by atoms with Gasteiger partial charge in [-0.3, -0.25) is 20.4 Å². The minimum absolute atomic E-state index is 0.105. The number of hydrogen-bond donors (Lipinski definition) is 4. The number of amides is 2. The third kappa shape index (κ3) is 2.09. The van der Waals surface area contributed by atoms with E-state index in [2.05, 4.69) is 0 Å². The van der Waals surface area contributed by atoms with Crippen molar-refractivity contribution in [2.75, 3.05) is 0 Å². The van der Waals surface area contributed by atoms with Gasteiger partial charge in [-0.2, -0.15) is 0 Å². The number of nitrogens with two attached hydrogens (primary N) is 2. The van der Waals surface area contributed by atoms with Gasteiger partial charge in [-0.25, -0.2) is 11.7 Å². The molecule has 0 aliphatic carbocycles. The quantitative estimate of drug-likeness (QED) is 0.265. The highest BCUT2D eigenvalue weighted by atomic mass is 16.3. The predicted octanol–water partition coefficient (Wildman–Crippen LogP) is -1.58. The van der Waals surface area contributed by atoms with Gasteiger partial charge in [-0.15, -0.1) is 0 Å². The van der Waals surface area contributed by atoms with Crippen LogP contribution in [0, 0.1) is 0 Å². The number of hydrazine groups is 2. The second-order valence-electron chi connectivity index (χ2n) is 2.48. The van der Waals surface area contributed by atoms with Crippen LogP contribution in [0.2, 0.25) is 0 Å². The monoisotopic (exact) mass is 198 g/mol. The van der Waals surface area contributed by atoms with Gasteiger partial charge >= 0.3 is 0 Å². The molecule has 0 unspecified atom stereocenters. The predicted molar refractivity (Wildman–Crippen MR) is 46.4 cm³/mol. The zero-order valence-corrected chi connectivity index (χ0v) is 7.24. The van der Waals surface area contributed by atoms with Crippen LogP contribution in [0.25, 0.3) is 0 Å². The van der Waals surface area contributed by atoms with E-state index in [1.54, 1.807) is 0 Å².